The normalized spacial score (nSPS) is 13.8. The molecule has 0 fully saturated rings. The minimum Gasteiger partial charge on any atom is -0.286 e. The molecule has 2 nitrogen and oxygen atoms in total. The maximum Gasteiger partial charge on any atom is 0.146 e. The number of hydrogen-bond donors (Lipinski definition) is 0. The standard InChI is InChI=1S/C17H12N2S/c1-10-6-7-11-9-20-14-8-18-17-13-5-3-2-4-12(13)15(10)16(11)19(14)17/h2-8H,9H2,1H3. The highest BCUT2D eigenvalue weighted by molar-refractivity contribution is 7.98. The summed E-state index contributed by atoms with van der Waals surface area (Å²) in [6.07, 6.45) is 2.01. The van der Waals surface area contributed by atoms with Crippen LogP contribution in [0.5, 0.6) is 0 Å². The molecule has 0 aliphatic carbocycles. The monoisotopic (exact) mass is 276 g/mol. The summed E-state index contributed by atoms with van der Waals surface area (Å²) >= 11 is 1.88. The van der Waals surface area contributed by atoms with Crippen LogP contribution in [0.3, 0.4) is 0 Å². The Kier molecular flexibility index (Phi) is 1.91. The number of aryl methyl sites for hydroxylation is 1. The molecule has 0 spiro atoms. The third-order valence-electron chi connectivity index (χ3n) is 4.24. The predicted octanol–water partition coefficient (Wildman–Crippen LogP) is 4.55. The van der Waals surface area contributed by atoms with Crippen molar-refractivity contribution in [3.63, 3.8) is 0 Å². The van der Waals surface area contributed by atoms with Crippen LogP contribution in [-0.2, 0) is 5.75 Å². The molecule has 20 heavy (non-hydrogen) atoms. The number of imidazole rings is 1. The number of nitrogens with zero attached hydrogens (tertiary/aromatic N) is 2. The topological polar surface area (TPSA) is 17.3 Å². The van der Waals surface area contributed by atoms with Crippen LogP contribution in [0.1, 0.15) is 11.1 Å². The van der Waals surface area contributed by atoms with Crippen molar-refractivity contribution >= 4 is 39.1 Å². The van der Waals surface area contributed by atoms with Gasteiger partial charge in [0.2, 0.25) is 0 Å². The van der Waals surface area contributed by atoms with E-state index in [1.807, 2.05) is 18.0 Å². The Hall–Kier alpha value is -2.00. The quantitative estimate of drug-likeness (QED) is 0.438. The van der Waals surface area contributed by atoms with E-state index in [0.717, 1.165) is 11.4 Å². The molecule has 2 aromatic heterocycles. The minimum atomic E-state index is 1.04. The molecular weight excluding hydrogens is 264 g/mol. The van der Waals surface area contributed by atoms with Gasteiger partial charge in [-0.1, -0.05) is 36.4 Å². The first kappa shape index (κ1) is 10.7. The number of hydrogen-bond acceptors (Lipinski definition) is 2. The van der Waals surface area contributed by atoms with E-state index in [4.69, 9.17) is 0 Å². The molecule has 2 aromatic carbocycles. The average Bonchev–Trinajstić information content (AvgIpc) is 2.92. The molecule has 0 radical (unpaired) electrons. The fourth-order valence-corrected chi connectivity index (χ4v) is 4.31. The third-order valence-corrected chi connectivity index (χ3v) is 5.27. The summed E-state index contributed by atoms with van der Waals surface area (Å²) in [6, 6.07) is 13.1. The van der Waals surface area contributed by atoms with Crippen molar-refractivity contribution in [2.75, 3.05) is 0 Å². The second kappa shape index (κ2) is 3.55. The van der Waals surface area contributed by atoms with Crippen molar-refractivity contribution in [1.82, 2.24) is 9.38 Å². The minimum absolute atomic E-state index is 1.04. The highest BCUT2D eigenvalue weighted by atomic mass is 32.2. The zero-order valence-corrected chi connectivity index (χ0v) is 11.9. The molecule has 96 valence electrons. The second-order valence-electron chi connectivity index (χ2n) is 5.35. The second-order valence-corrected chi connectivity index (χ2v) is 6.35. The van der Waals surface area contributed by atoms with Crippen LogP contribution in [0.15, 0.2) is 47.6 Å². The molecule has 1 aliphatic rings. The van der Waals surface area contributed by atoms with Gasteiger partial charge in [0.25, 0.3) is 0 Å². The number of pyridine rings is 1. The van der Waals surface area contributed by atoms with Gasteiger partial charge >= 0.3 is 0 Å². The Labute approximate surface area is 120 Å². The maximum absolute atomic E-state index is 4.67. The van der Waals surface area contributed by atoms with Crippen LogP contribution >= 0.6 is 11.8 Å². The highest BCUT2D eigenvalue weighted by Crippen LogP contribution is 2.40. The Morgan fingerprint density at radius 3 is 2.85 bits per heavy atom. The van der Waals surface area contributed by atoms with E-state index >= 15 is 0 Å². The fraction of sp³-hybridized carbons (Fsp3) is 0.118. The summed E-state index contributed by atoms with van der Waals surface area (Å²) in [6.45, 7) is 2.20. The Bertz CT molecular complexity index is 1010. The summed E-state index contributed by atoms with van der Waals surface area (Å²) in [5, 5.41) is 5.20. The van der Waals surface area contributed by atoms with Crippen molar-refractivity contribution in [2.45, 2.75) is 17.7 Å². The van der Waals surface area contributed by atoms with E-state index in [0.29, 0.717) is 0 Å². The smallest absolute Gasteiger partial charge is 0.146 e. The molecule has 0 saturated carbocycles. The van der Waals surface area contributed by atoms with E-state index in [9.17, 15) is 0 Å². The number of fused-ring (bicyclic) bond motifs is 3. The molecule has 0 N–H and O–H groups in total. The van der Waals surface area contributed by atoms with Crippen LogP contribution < -0.4 is 0 Å². The van der Waals surface area contributed by atoms with Crippen molar-refractivity contribution in [2.24, 2.45) is 0 Å². The van der Waals surface area contributed by atoms with Gasteiger partial charge < -0.3 is 0 Å². The van der Waals surface area contributed by atoms with Gasteiger partial charge in [0, 0.05) is 16.5 Å². The highest BCUT2D eigenvalue weighted by Gasteiger charge is 2.20. The first-order valence-electron chi connectivity index (χ1n) is 6.78. The maximum atomic E-state index is 4.67. The largest absolute Gasteiger partial charge is 0.286 e. The van der Waals surface area contributed by atoms with Gasteiger partial charge in [-0.15, -0.1) is 11.8 Å². The molecule has 0 unspecified atom stereocenters. The first-order chi connectivity index (χ1) is 9.84. The average molecular weight is 276 g/mol. The zero-order chi connectivity index (χ0) is 13.3. The van der Waals surface area contributed by atoms with E-state index < -0.39 is 0 Å². The van der Waals surface area contributed by atoms with Crippen LogP contribution in [0.25, 0.3) is 27.3 Å². The third kappa shape index (κ3) is 1.15. The van der Waals surface area contributed by atoms with Crippen molar-refractivity contribution in [3.05, 3.63) is 53.7 Å². The van der Waals surface area contributed by atoms with Gasteiger partial charge in [0.15, 0.2) is 0 Å². The summed E-state index contributed by atoms with van der Waals surface area (Å²) in [5.41, 5.74) is 5.19. The molecule has 1 aliphatic heterocycles. The van der Waals surface area contributed by atoms with Gasteiger partial charge in [-0.05, 0) is 23.4 Å². The molecule has 0 bridgehead atoms. The van der Waals surface area contributed by atoms with Crippen LogP contribution in [0.2, 0.25) is 0 Å². The summed E-state index contributed by atoms with van der Waals surface area (Å²) in [4.78, 5) is 4.67. The van der Waals surface area contributed by atoms with Gasteiger partial charge in [-0.2, -0.15) is 0 Å². The summed E-state index contributed by atoms with van der Waals surface area (Å²) in [7, 11) is 0. The molecule has 5 rings (SSSR count). The van der Waals surface area contributed by atoms with E-state index in [-0.39, 0.29) is 0 Å². The lowest BCUT2D eigenvalue weighted by Crippen LogP contribution is -2.02. The molecule has 0 atom stereocenters. The molecule has 0 amide bonds. The molecule has 4 aromatic rings. The van der Waals surface area contributed by atoms with Crippen molar-refractivity contribution < 1.29 is 0 Å². The van der Waals surface area contributed by atoms with Gasteiger partial charge in [-0.25, -0.2) is 4.98 Å². The lowest BCUT2D eigenvalue weighted by Gasteiger charge is -2.19. The molecule has 3 heteroatoms. The molecule has 3 heterocycles. The Morgan fingerprint density at radius 1 is 1.10 bits per heavy atom. The fourth-order valence-electron chi connectivity index (χ4n) is 3.34. The summed E-state index contributed by atoms with van der Waals surface area (Å²) < 4.78 is 2.34. The Morgan fingerprint density at radius 2 is 1.95 bits per heavy atom. The summed E-state index contributed by atoms with van der Waals surface area (Å²) in [5.74, 6) is 1.04. The van der Waals surface area contributed by atoms with Crippen LogP contribution in [0, 0.1) is 6.92 Å². The van der Waals surface area contributed by atoms with Crippen molar-refractivity contribution in [1.29, 1.82) is 0 Å². The lowest BCUT2D eigenvalue weighted by atomic mass is 9.99. The van der Waals surface area contributed by atoms with Gasteiger partial charge in [-0.3, -0.25) is 4.40 Å². The number of benzene rings is 2. The van der Waals surface area contributed by atoms with E-state index in [2.05, 4.69) is 52.7 Å². The molecular formula is C17H12N2S. The lowest BCUT2D eigenvalue weighted by molar-refractivity contribution is 1.07. The van der Waals surface area contributed by atoms with Crippen LogP contribution in [0.4, 0.5) is 0 Å². The first-order valence-corrected chi connectivity index (χ1v) is 7.76. The number of aromatic nitrogens is 2. The SMILES string of the molecule is Cc1ccc2c3c1c1ccccc1c1ncc(n13)SC2. The number of thioether (sulfide) groups is 1. The predicted molar refractivity (Wildman–Crippen MR) is 84.5 cm³/mol. The van der Waals surface area contributed by atoms with Crippen LogP contribution in [-0.4, -0.2) is 9.38 Å². The van der Waals surface area contributed by atoms with Gasteiger partial charge in [0.1, 0.15) is 10.7 Å². The van der Waals surface area contributed by atoms with E-state index in [1.54, 1.807) is 0 Å². The zero-order valence-electron chi connectivity index (χ0n) is 11.1. The van der Waals surface area contributed by atoms with E-state index in [1.165, 1.54) is 37.8 Å². The van der Waals surface area contributed by atoms with Gasteiger partial charge in [0.05, 0.1) is 11.7 Å². The van der Waals surface area contributed by atoms with Crippen molar-refractivity contribution in [3.8, 4) is 0 Å². The number of rotatable bonds is 0. The molecule has 0 saturated heterocycles. The Balaban J connectivity index is 2.28.